The number of carbonyl (C=O) groups is 1. The summed E-state index contributed by atoms with van der Waals surface area (Å²) in [6.07, 6.45) is 0. The molecule has 0 spiro atoms. The minimum Gasteiger partial charge on any atom is -0.495 e. The number of amides is 2. The molecule has 6 heteroatoms. The first-order chi connectivity index (χ1) is 9.60. The first-order valence-electron chi connectivity index (χ1n) is 6.01. The van der Waals surface area contributed by atoms with Gasteiger partial charge in [-0.2, -0.15) is 0 Å². The predicted octanol–water partition coefficient (Wildman–Crippen LogP) is 4.15. The third-order valence-electron chi connectivity index (χ3n) is 2.73. The number of anilines is 1. The quantitative estimate of drug-likeness (QED) is 0.866. The van der Waals surface area contributed by atoms with Gasteiger partial charge in [-0.05, 0) is 36.1 Å². The number of rotatable bonds is 4. The third-order valence-corrected chi connectivity index (χ3v) is 4.06. The molecule has 0 aliphatic heterocycles. The van der Waals surface area contributed by atoms with Crippen LogP contribution in [-0.4, -0.2) is 13.1 Å². The average molecular weight is 355 g/mol. The molecule has 0 bridgehead atoms. The Kier molecular flexibility index (Phi) is 5.03. The van der Waals surface area contributed by atoms with E-state index < -0.39 is 0 Å². The van der Waals surface area contributed by atoms with Gasteiger partial charge in [0.1, 0.15) is 5.75 Å². The summed E-state index contributed by atoms with van der Waals surface area (Å²) >= 11 is 5.01. The number of nitrogens with one attached hydrogen (secondary N) is 2. The molecular formula is C14H15BrN2O2S. The maximum Gasteiger partial charge on any atom is 0.319 e. The highest BCUT2D eigenvalue weighted by atomic mass is 79.9. The Morgan fingerprint density at radius 2 is 2.25 bits per heavy atom. The molecule has 0 fully saturated rings. The van der Waals surface area contributed by atoms with Crippen molar-refractivity contribution in [2.45, 2.75) is 13.5 Å². The van der Waals surface area contributed by atoms with Crippen LogP contribution in [0.2, 0.25) is 0 Å². The number of methoxy groups -OCH3 is 1. The van der Waals surface area contributed by atoms with Gasteiger partial charge in [0.15, 0.2) is 0 Å². The van der Waals surface area contributed by atoms with Crippen LogP contribution in [0.5, 0.6) is 5.75 Å². The van der Waals surface area contributed by atoms with Crippen LogP contribution in [0.15, 0.2) is 34.1 Å². The monoisotopic (exact) mass is 354 g/mol. The van der Waals surface area contributed by atoms with E-state index in [-0.39, 0.29) is 6.03 Å². The Morgan fingerprint density at radius 1 is 1.45 bits per heavy atom. The van der Waals surface area contributed by atoms with Crippen LogP contribution < -0.4 is 15.4 Å². The molecule has 0 aliphatic rings. The number of ether oxygens (including phenoxy) is 1. The summed E-state index contributed by atoms with van der Waals surface area (Å²) in [4.78, 5) is 13.0. The Morgan fingerprint density at radius 3 is 2.90 bits per heavy atom. The lowest BCUT2D eigenvalue weighted by atomic mass is 10.2. The van der Waals surface area contributed by atoms with Gasteiger partial charge < -0.3 is 15.4 Å². The second-order valence-corrected chi connectivity index (χ2v) is 6.13. The van der Waals surface area contributed by atoms with Crippen molar-refractivity contribution < 1.29 is 9.53 Å². The van der Waals surface area contributed by atoms with E-state index in [1.165, 1.54) is 0 Å². The molecule has 0 saturated heterocycles. The van der Waals surface area contributed by atoms with Gasteiger partial charge in [-0.15, -0.1) is 11.3 Å². The van der Waals surface area contributed by atoms with E-state index in [1.807, 2.05) is 36.6 Å². The first kappa shape index (κ1) is 14.9. The van der Waals surface area contributed by atoms with Crippen molar-refractivity contribution in [1.29, 1.82) is 0 Å². The maximum absolute atomic E-state index is 11.9. The van der Waals surface area contributed by atoms with E-state index in [9.17, 15) is 4.79 Å². The molecule has 0 radical (unpaired) electrons. The summed E-state index contributed by atoms with van der Waals surface area (Å²) in [6.45, 7) is 2.43. The molecule has 1 heterocycles. The van der Waals surface area contributed by atoms with Crippen LogP contribution in [-0.2, 0) is 6.54 Å². The lowest BCUT2D eigenvalue weighted by Gasteiger charge is -2.14. The van der Waals surface area contributed by atoms with E-state index >= 15 is 0 Å². The Balaban J connectivity index is 2.04. The molecule has 0 atom stereocenters. The van der Waals surface area contributed by atoms with Crippen LogP contribution in [0.4, 0.5) is 10.5 Å². The third kappa shape index (κ3) is 3.74. The number of thiophene rings is 1. The topological polar surface area (TPSA) is 50.4 Å². The molecule has 0 aliphatic carbocycles. The molecule has 1 aromatic heterocycles. The largest absolute Gasteiger partial charge is 0.495 e. The second kappa shape index (κ2) is 6.76. The molecule has 20 heavy (non-hydrogen) atoms. The fourth-order valence-electron chi connectivity index (χ4n) is 1.77. The highest BCUT2D eigenvalue weighted by Gasteiger charge is 2.11. The maximum atomic E-state index is 11.9. The van der Waals surface area contributed by atoms with Crippen molar-refractivity contribution in [1.82, 2.24) is 5.32 Å². The standard InChI is InChI=1S/C14H15BrN2O2S/c1-9-6-10(15)7-12(19-2)13(9)17-14(18)16-8-11-4-3-5-20-11/h3-7H,8H2,1-2H3,(H2,16,17,18). The zero-order valence-electron chi connectivity index (χ0n) is 11.2. The minimum atomic E-state index is -0.248. The average Bonchev–Trinajstić information content (AvgIpc) is 2.92. The van der Waals surface area contributed by atoms with Crippen molar-refractivity contribution in [2.75, 3.05) is 12.4 Å². The molecule has 106 valence electrons. The minimum absolute atomic E-state index is 0.248. The lowest BCUT2D eigenvalue weighted by Crippen LogP contribution is -2.28. The fraction of sp³-hybridized carbons (Fsp3) is 0.214. The van der Waals surface area contributed by atoms with Gasteiger partial charge in [0, 0.05) is 9.35 Å². The fourth-order valence-corrected chi connectivity index (χ4v) is 2.97. The Bertz CT molecular complexity index is 599. The van der Waals surface area contributed by atoms with Gasteiger partial charge in [-0.1, -0.05) is 22.0 Å². The summed E-state index contributed by atoms with van der Waals surface area (Å²) < 4.78 is 6.20. The molecule has 2 aromatic rings. The van der Waals surface area contributed by atoms with E-state index in [0.717, 1.165) is 14.9 Å². The number of carbonyl (C=O) groups excluding carboxylic acids is 1. The van der Waals surface area contributed by atoms with Crippen LogP contribution in [0.1, 0.15) is 10.4 Å². The summed E-state index contributed by atoms with van der Waals surface area (Å²) in [5, 5.41) is 7.63. The Labute approximate surface area is 130 Å². The lowest BCUT2D eigenvalue weighted by molar-refractivity contribution is 0.251. The summed E-state index contributed by atoms with van der Waals surface area (Å²) in [7, 11) is 1.58. The summed E-state index contributed by atoms with van der Waals surface area (Å²) in [5.74, 6) is 0.628. The number of hydrogen-bond donors (Lipinski definition) is 2. The molecule has 0 unspecified atom stereocenters. The highest BCUT2D eigenvalue weighted by molar-refractivity contribution is 9.10. The van der Waals surface area contributed by atoms with Crippen molar-refractivity contribution in [2.24, 2.45) is 0 Å². The smallest absolute Gasteiger partial charge is 0.319 e. The first-order valence-corrected chi connectivity index (χ1v) is 7.69. The molecule has 2 rings (SSSR count). The Hall–Kier alpha value is -1.53. The van der Waals surface area contributed by atoms with Crippen molar-refractivity contribution in [3.05, 3.63) is 44.6 Å². The van der Waals surface area contributed by atoms with Gasteiger partial charge in [0.2, 0.25) is 0 Å². The number of hydrogen-bond acceptors (Lipinski definition) is 3. The van der Waals surface area contributed by atoms with E-state index in [1.54, 1.807) is 18.4 Å². The van der Waals surface area contributed by atoms with E-state index in [2.05, 4.69) is 26.6 Å². The van der Waals surface area contributed by atoms with Gasteiger partial charge >= 0.3 is 6.03 Å². The van der Waals surface area contributed by atoms with Gasteiger partial charge in [-0.3, -0.25) is 0 Å². The number of urea groups is 1. The summed E-state index contributed by atoms with van der Waals surface area (Å²) in [6, 6.07) is 7.44. The van der Waals surface area contributed by atoms with Crippen LogP contribution in [0, 0.1) is 6.92 Å². The van der Waals surface area contributed by atoms with Crippen LogP contribution in [0.3, 0.4) is 0 Å². The number of halogens is 1. The van der Waals surface area contributed by atoms with E-state index in [0.29, 0.717) is 18.0 Å². The molecular weight excluding hydrogens is 340 g/mol. The normalized spacial score (nSPS) is 10.2. The van der Waals surface area contributed by atoms with Crippen LogP contribution in [0.25, 0.3) is 0 Å². The molecule has 1 aromatic carbocycles. The van der Waals surface area contributed by atoms with Crippen molar-refractivity contribution in [3.63, 3.8) is 0 Å². The van der Waals surface area contributed by atoms with Crippen molar-refractivity contribution >= 4 is 39.0 Å². The molecule has 2 N–H and O–H groups in total. The number of aryl methyl sites for hydroxylation is 1. The molecule has 4 nitrogen and oxygen atoms in total. The van der Waals surface area contributed by atoms with Crippen LogP contribution >= 0.6 is 27.3 Å². The molecule has 2 amide bonds. The van der Waals surface area contributed by atoms with Gasteiger partial charge in [-0.25, -0.2) is 4.79 Å². The summed E-state index contributed by atoms with van der Waals surface area (Å²) in [5.41, 5.74) is 1.61. The number of benzene rings is 1. The van der Waals surface area contributed by atoms with Crippen molar-refractivity contribution in [3.8, 4) is 5.75 Å². The predicted molar refractivity (Wildman–Crippen MR) is 85.6 cm³/mol. The second-order valence-electron chi connectivity index (χ2n) is 4.19. The zero-order chi connectivity index (χ0) is 14.5. The van der Waals surface area contributed by atoms with E-state index in [4.69, 9.17) is 4.74 Å². The molecule has 0 saturated carbocycles. The SMILES string of the molecule is COc1cc(Br)cc(C)c1NC(=O)NCc1cccs1. The highest BCUT2D eigenvalue weighted by Crippen LogP contribution is 2.31. The van der Waals surface area contributed by atoms with Gasteiger partial charge in [0.05, 0.1) is 19.3 Å². The zero-order valence-corrected chi connectivity index (χ0v) is 13.6. The van der Waals surface area contributed by atoms with Gasteiger partial charge in [0.25, 0.3) is 0 Å².